The van der Waals surface area contributed by atoms with Gasteiger partial charge in [-0.05, 0) is 44.3 Å². The van der Waals surface area contributed by atoms with Crippen LogP contribution >= 0.6 is 11.6 Å². The topological polar surface area (TPSA) is 38.7 Å². The average Bonchev–Trinajstić information content (AvgIpc) is 2.88. The fraction of sp³-hybridized carbons (Fsp3) is 0. The zero-order valence-corrected chi connectivity index (χ0v) is 18.4. The van der Waals surface area contributed by atoms with Gasteiger partial charge in [-0.25, -0.2) is 4.98 Å². The number of hydrogen-bond donors (Lipinski definition) is 0. The van der Waals surface area contributed by atoms with Crippen molar-refractivity contribution in [2.75, 3.05) is 0 Å². The molecule has 1 aromatic heterocycles. The maximum absolute atomic E-state index is 6.24. The van der Waals surface area contributed by atoms with Gasteiger partial charge in [0.2, 0.25) is 5.28 Å². The molecule has 0 unspecified atom stereocenters. The monoisotopic (exact) mass is 443 g/mol. The van der Waals surface area contributed by atoms with E-state index in [1.807, 2.05) is 42.5 Å². The van der Waals surface area contributed by atoms with Gasteiger partial charge >= 0.3 is 0 Å². The molecule has 0 saturated carbocycles. The number of rotatable bonds is 3. The van der Waals surface area contributed by atoms with E-state index in [0.29, 0.717) is 11.6 Å². The van der Waals surface area contributed by atoms with Gasteiger partial charge in [0.25, 0.3) is 0 Å². The van der Waals surface area contributed by atoms with Crippen molar-refractivity contribution in [3.05, 3.63) is 114 Å². The first-order chi connectivity index (χ1) is 16.3. The van der Waals surface area contributed by atoms with Gasteiger partial charge in [-0.3, -0.25) is 0 Å². The van der Waals surface area contributed by atoms with Crippen LogP contribution in [0, 0.1) is 0 Å². The number of benzene rings is 5. The van der Waals surface area contributed by atoms with Crippen molar-refractivity contribution in [2.24, 2.45) is 0 Å². The lowest BCUT2D eigenvalue weighted by Gasteiger charge is -2.11. The third-order valence-corrected chi connectivity index (χ3v) is 6.03. The number of fused-ring (bicyclic) bond motifs is 3. The molecule has 0 spiro atoms. The van der Waals surface area contributed by atoms with Crippen LogP contribution in [-0.2, 0) is 0 Å². The molecule has 33 heavy (non-hydrogen) atoms. The summed E-state index contributed by atoms with van der Waals surface area (Å²) in [7, 11) is 0. The second-order valence-electron chi connectivity index (χ2n) is 7.89. The minimum atomic E-state index is 0.184. The molecule has 0 amide bonds. The lowest BCUT2D eigenvalue weighted by atomic mass is 9.93. The van der Waals surface area contributed by atoms with E-state index in [2.05, 4.69) is 81.7 Å². The molecule has 0 aliphatic carbocycles. The molecule has 4 heteroatoms. The lowest BCUT2D eigenvalue weighted by Crippen LogP contribution is -1.97. The van der Waals surface area contributed by atoms with Gasteiger partial charge in [0.1, 0.15) is 0 Å². The third kappa shape index (κ3) is 3.63. The zero-order chi connectivity index (χ0) is 22.2. The molecule has 6 aromatic rings. The van der Waals surface area contributed by atoms with E-state index >= 15 is 0 Å². The van der Waals surface area contributed by atoms with Gasteiger partial charge in [-0.2, -0.15) is 9.97 Å². The van der Waals surface area contributed by atoms with Crippen LogP contribution in [0.4, 0.5) is 0 Å². The Bertz CT molecular complexity index is 1610. The first-order valence-electron chi connectivity index (χ1n) is 10.7. The Hall–Kier alpha value is -4.08. The van der Waals surface area contributed by atoms with Gasteiger partial charge in [0.05, 0.1) is 0 Å². The summed E-state index contributed by atoms with van der Waals surface area (Å²) in [6.07, 6.45) is 0. The first kappa shape index (κ1) is 19.6. The lowest BCUT2D eigenvalue weighted by molar-refractivity contribution is 1.07. The highest BCUT2D eigenvalue weighted by molar-refractivity contribution is 6.28. The predicted molar refractivity (Wildman–Crippen MR) is 136 cm³/mol. The molecule has 156 valence electrons. The van der Waals surface area contributed by atoms with E-state index in [9.17, 15) is 0 Å². The molecular formula is C29H18ClN3. The van der Waals surface area contributed by atoms with Crippen molar-refractivity contribution in [2.45, 2.75) is 0 Å². The summed E-state index contributed by atoms with van der Waals surface area (Å²) in [5, 5.41) is 5.17. The van der Waals surface area contributed by atoms with Gasteiger partial charge in [-0.1, -0.05) is 109 Å². The minimum Gasteiger partial charge on any atom is -0.208 e. The average molecular weight is 444 g/mol. The van der Waals surface area contributed by atoms with Gasteiger partial charge in [-0.15, -0.1) is 0 Å². The van der Waals surface area contributed by atoms with Crippen LogP contribution in [0.1, 0.15) is 0 Å². The SMILES string of the molecule is Clc1nc(-c2ccccc2)nc(-c2ccc(-c3cccc4ccc5ccccc5c34)cc2)n1. The van der Waals surface area contributed by atoms with Crippen LogP contribution in [0.3, 0.4) is 0 Å². The van der Waals surface area contributed by atoms with E-state index in [1.54, 1.807) is 0 Å². The summed E-state index contributed by atoms with van der Waals surface area (Å²) < 4.78 is 0. The van der Waals surface area contributed by atoms with Crippen LogP contribution in [0.25, 0.3) is 55.4 Å². The third-order valence-electron chi connectivity index (χ3n) is 5.86. The van der Waals surface area contributed by atoms with E-state index in [-0.39, 0.29) is 5.28 Å². The standard InChI is InChI=1S/C29H18ClN3/c30-29-32-27(22-8-2-1-3-9-22)31-28(33-29)23-17-14-20(15-18-23)25-12-6-10-21-16-13-19-7-4-5-11-24(19)26(21)25/h1-18H. The van der Waals surface area contributed by atoms with Gasteiger partial charge in [0.15, 0.2) is 11.6 Å². The minimum absolute atomic E-state index is 0.184. The quantitative estimate of drug-likeness (QED) is 0.261. The van der Waals surface area contributed by atoms with Crippen LogP contribution in [-0.4, -0.2) is 15.0 Å². The summed E-state index contributed by atoms with van der Waals surface area (Å²) in [6, 6.07) is 37.4. The molecule has 6 rings (SSSR count). The number of nitrogens with zero attached hydrogens (tertiary/aromatic N) is 3. The van der Waals surface area contributed by atoms with Crippen LogP contribution in [0.5, 0.6) is 0 Å². The predicted octanol–water partition coefficient (Wildman–Crippen LogP) is 7.83. The molecule has 0 fully saturated rings. The molecular weight excluding hydrogens is 426 g/mol. The maximum Gasteiger partial charge on any atom is 0.226 e. The summed E-state index contributed by atoms with van der Waals surface area (Å²) in [5.74, 6) is 1.12. The van der Waals surface area contributed by atoms with E-state index in [0.717, 1.165) is 16.7 Å². The molecule has 0 N–H and O–H groups in total. The molecule has 3 nitrogen and oxygen atoms in total. The van der Waals surface area contributed by atoms with Crippen LogP contribution in [0.2, 0.25) is 5.28 Å². The fourth-order valence-electron chi connectivity index (χ4n) is 4.29. The fourth-order valence-corrected chi connectivity index (χ4v) is 4.45. The summed E-state index contributed by atoms with van der Waals surface area (Å²) in [4.78, 5) is 13.3. The maximum atomic E-state index is 6.24. The second-order valence-corrected chi connectivity index (χ2v) is 8.22. The Morgan fingerprint density at radius 2 is 1.06 bits per heavy atom. The van der Waals surface area contributed by atoms with Crippen molar-refractivity contribution in [3.63, 3.8) is 0 Å². The molecule has 5 aromatic carbocycles. The Balaban J connectivity index is 1.45. The van der Waals surface area contributed by atoms with Crippen LogP contribution < -0.4 is 0 Å². The summed E-state index contributed by atoms with van der Waals surface area (Å²) in [5.41, 5.74) is 4.14. The highest BCUT2D eigenvalue weighted by Crippen LogP contribution is 2.35. The van der Waals surface area contributed by atoms with Crippen LogP contribution in [0.15, 0.2) is 109 Å². The zero-order valence-electron chi connectivity index (χ0n) is 17.6. The number of halogens is 1. The van der Waals surface area contributed by atoms with Crippen molar-refractivity contribution < 1.29 is 0 Å². The second kappa shape index (κ2) is 8.12. The summed E-state index contributed by atoms with van der Waals surface area (Å²) in [6.45, 7) is 0. The number of aromatic nitrogens is 3. The van der Waals surface area contributed by atoms with E-state index < -0.39 is 0 Å². The molecule has 0 aliphatic rings. The molecule has 0 radical (unpaired) electrons. The molecule has 0 bridgehead atoms. The number of hydrogen-bond acceptors (Lipinski definition) is 3. The van der Waals surface area contributed by atoms with E-state index in [1.165, 1.54) is 27.1 Å². The molecule has 0 aliphatic heterocycles. The van der Waals surface area contributed by atoms with Crippen molar-refractivity contribution in [1.29, 1.82) is 0 Å². The Morgan fingerprint density at radius 1 is 0.455 bits per heavy atom. The van der Waals surface area contributed by atoms with Crippen molar-refractivity contribution >= 4 is 33.1 Å². The van der Waals surface area contributed by atoms with Crippen molar-refractivity contribution in [1.82, 2.24) is 15.0 Å². The first-order valence-corrected chi connectivity index (χ1v) is 11.1. The van der Waals surface area contributed by atoms with Gasteiger partial charge < -0.3 is 0 Å². The smallest absolute Gasteiger partial charge is 0.208 e. The Kier molecular flexibility index (Phi) is 4.82. The summed E-state index contributed by atoms with van der Waals surface area (Å²) >= 11 is 6.24. The van der Waals surface area contributed by atoms with Gasteiger partial charge in [0, 0.05) is 11.1 Å². The highest BCUT2D eigenvalue weighted by Gasteiger charge is 2.11. The molecule has 0 saturated heterocycles. The Morgan fingerprint density at radius 3 is 1.85 bits per heavy atom. The highest BCUT2D eigenvalue weighted by atomic mass is 35.5. The van der Waals surface area contributed by atoms with E-state index in [4.69, 9.17) is 11.6 Å². The molecule has 0 atom stereocenters. The van der Waals surface area contributed by atoms with Crippen molar-refractivity contribution in [3.8, 4) is 33.9 Å². The normalized spacial score (nSPS) is 11.2. The largest absolute Gasteiger partial charge is 0.226 e. The molecule has 1 heterocycles. The Labute approximate surface area is 196 Å².